The Morgan fingerprint density at radius 1 is 1.57 bits per heavy atom. The maximum Gasteiger partial charge on any atom is 0.136 e. The van der Waals surface area contributed by atoms with E-state index in [2.05, 4.69) is 10.6 Å². The van der Waals surface area contributed by atoms with E-state index in [4.69, 9.17) is 11.2 Å². The highest BCUT2D eigenvalue weighted by Gasteiger charge is 2.28. The zero-order valence-corrected chi connectivity index (χ0v) is 10.1. The molecule has 0 aromatic rings. The molecule has 0 aliphatic carbocycles. The van der Waals surface area contributed by atoms with Crippen LogP contribution in [0.5, 0.6) is 0 Å². The minimum Gasteiger partial charge on any atom is -0.598 e. The lowest BCUT2D eigenvalue weighted by Gasteiger charge is -2.25. The fourth-order valence-electron chi connectivity index (χ4n) is 0.718. The van der Waals surface area contributed by atoms with Gasteiger partial charge in [-0.3, -0.25) is 0 Å². The van der Waals surface area contributed by atoms with Crippen LogP contribution in [0.25, 0.3) is 0 Å². The Hall–Kier alpha value is -0.210. The van der Waals surface area contributed by atoms with E-state index in [9.17, 15) is 4.55 Å². The first-order chi connectivity index (χ1) is 6.41. The molecular formula is C10H19NO2S. The maximum atomic E-state index is 11.7. The summed E-state index contributed by atoms with van der Waals surface area (Å²) in [6, 6.07) is -0.185. The molecule has 0 saturated heterocycles. The highest BCUT2D eigenvalue weighted by molar-refractivity contribution is 7.90. The van der Waals surface area contributed by atoms with Crippen LogP contribution in [0.2, 0.25) is 0 Å². The van der Waals surface area contributed by atoms with Crippen molar-refractivity contribution in [2.75, 3.05) is 13.7 Å². The zero-order chi connectivity index (χ0) is 11.2. The van der Waals surface area contributed by atoms with Crippen molar-refractivity contribution < 1.29 is 9.29 Å². The van der Waals surface area contributed by atoms with Gasteiger partial charge in [0.2, 0.25) is 0 Å². The molecule has 0 saturated carbocycles. The van der Waals surface area contributed by atoms with Gasteiger partial charge in [0, 0.05) is 31.5 Å². The number of methoxy groups -OCH3 is 1. The summed E-state index contributed by atoms with van der Waals surface area (Å²) in [5.41, 5.74) is 0. The standard InChI is InChI=1S/C10H19NO2S/c1-6-9(7-8-13-5)11-14(12)10(2,3)4/h1,9,11H,7-8H2,2-5H3/t9-,14+/m0/s1. The third kappa shape index (κ3) is 5.51. The lowest BCUT2D eigenvalue weighted by molar-refractivity contribution is 0.191. The largest absolute Gasteiger partial charge is 0.598 e. The van der Waals surface area contributed by atoms with Gasteiger partial charge in [0.25, 0.3) is 0 Å². The first kappa shape index (κ1) is 13.8. The summed E-state index contributed by atoms with van der Waals surface area (Å²) in [6.45, 7) is 6.28. The van der Waals surface area contributed by atoms with E-state index in [1.807, 2.05) is 20.8 Å². The van der Waals surface area contributed by atoms with Crippen molar-refractivity contribution in [3.05, 3.63) is 0 Å². The van der Waals surface area contributed by atoms with E-state index in [1.54, 1.807) is 7.11 Å². The predicted molar refractivity (Wildman–Crippen MR) is 60.1 cm³/mol. The van der Waals surface area contributed by atoms with Crippen molar-refractivity contribution in [1.82, 2.24) is 4.72 Å². The molecule has 0 fully saturated rings. The highest BCUT2D eigenvalue weighted by Crippen LogP contribution is 2.14. The molecule has 0 rings (SSSR count). The molecule has 0 aromatic carbocycles. The molecule has 14 heavy (non-hydrogen) atoms. The molecule has 0 heterocycles. The lowest BCUT2D eigenvalue weighted by atomic mass is 10.2. The Morgan fingerprint density at radius 3 is 2.50 bits per heavy atom. The molecule has 0 bridgehead atoms. The van der Waals surface area contributed by atoms with Gasteiger partial charge in [-0.05, 0) is 20.8 Å². The van der Waals surface area contributed by atoms with Crippen LogP contribution in [0, 0.1) is 12.3 Å². The van der Waals surface area contributed by atoms with Crippen LogP contribution in [0.3, 0.4) is 0 Å². The predicted octanol–water partition coefficient (Wildman–Crippen LogP) is 1.08. The van der Waals surface area contributed by atoms with E-state index >= 15 is 0 Å². The highest BCUT2D eigenvalue weighted by atomic mass is 32.2. The van der Waals surface area contributed by atoms with Gasteiger partial charge in [0.15, 0.2) is 0 Å². The van der Waals surface area contributed by atoms with E-state index in [1.165, 1.54) is 0 Å². The summed E-state index contributed by atoms with van der Waals surface area (Å²) < 4.78 is 19.2. The number of nitrogens with one attached hydrogen (secondary N) is 1. The first-order valence-electron chi connectivity index (χ1n) is 4.55. The lowest BCUT2D eigenvalue weighted by Crippen LogP contribution is -2.44. The molecule has 2 atom stereocenters. The molecule has 82 valence electrons. The van der Waals surface area contributed by atoms with Gasteiger partial charge in [-0.2, -0.15) is 0 Å². The molecule has 0 aliphatic rings. The molecule has 0 spiro atoms. The van der Waals surface area contributed by atoms with Crippen molar-refractivity contribution >= 4 is 11.4 Å². The second kappa shape index (κ2) is 6.31. The molecule has 0 unspecified atom stereocenters. The fraction of sp³-hybridized carbons (Fsp3) is 0.800. The van der Waals surface area contributed by atoms with E-state index in [-0.39, 0.29) is 10.8 Å². The average molecular weight is 217 g/mol. The van der Waals surface area contributed by atoms with E-state index < -0.39 is 11.4 Å². The zero-order valence-electron chi connectivity index (χ0n) is 9.29. The van der Waals surface area contributed by atoms with Gasteiger partial charge < -0.3 is 9.29 Å². The van der Waals surface area contributed by atoms with Crippen LogP contribution in [-0.4, -0.2) is 29.1 Å². The van der Waals surface area contributed by atoms with Gasteiger partial charge in [-0.15, -0.1) is 11.1 Å². The van der Waals surface area contributed by atoms with Crippen LogP contribution in [0.15, 0.2) is 0 Å². The molecule has 0 radical (unpaired) electrons. The molecular weight excluding hydrogens is 198 g/mol. The van der Waals surface area contributed by atoms with Crippen molar-refractivity contribution in [3.63, 3.8) is 0 Å². The third-order valence-electron chi connectivity index (χ3n) is 1.62. The quantitative estimate of drug-likeness (QED) is 0.553. The minimum absolute atomic E-state index is 0.185. The summed E-state index contributed by atoms with van der Waals surface area (Å²) in [4.78, 5) is 0. The first-order valence-corrected chi connectivity index (χ1v) is 5.70. The van der Waals surface area contributed by atoms with Gasteiger partial charge in [-0.1, -0.05) is 5.92 Å². The van der Waals surface area contributed by atoms with E-state index in [0.717, 1.165) is 0 Å². The summed E-state index contributed by atoms with van der Waals surface area (Å²) in [6.07, 6.45) is 5.98. The average Bonchev–Trinajstić information content (AvgIpc) is 2.10. The molecule has 0 amide bonds. The van der Waals surface area contributed by atoms with Crippen molar-refractivity contribution in [2.24, 2.45) is 0 Å². The Bertz CT molecular complexity index is 195. The van der Waals surface area contributed by atoms with Gasteiger partial charge >= 0.3 is 0 Å². The Labute approximate surface area is 89.9 Å². The third-order valence-corrected chi connectivity index (χ3v) is 3.23. The normalized spacial score (nSPS) is 16.0. The number of terminal acetylenes is 1. The second-order valence-electron chi connectivity index (χ2n) is 4.00. The smallest absolute Gasteiger partial charge is 0.136 e. The van der Waals surface area contributed by atoms with Crippen LogP contribution in [0.4, 0.5) is 0 Å². The van der Waals surface area contributed by atoms with Crippen LogP contribution >= 0.6 is 0 Å². The van der Waals surface area contributed by atoms with Crippen molar-refractivity contribution in [2.45, 2.75) is 38.0 Å². The Balaban J connectivity index is 4.00. The van der Waals surface area contributed by atoms with Crippen LogP contribution in [-0.2, 0) is 16.1 Å². The number of hydrogen-bond donors (Lipinski definition) is 1. The number of hydrogen-bond acceptors (Lipinski definition) is 3. The monoisotopic (exact) mass is 217 g/mol. The van der Waals surface area contributed by atoms with Crippen LogP contribution < -0.4 is 4.72 Å². The van der Waals surface area contributed by atoms with Crippen molar-refractivity contribution in [3.8, 4) is 12.3 Å². The maximum absolute atomic E-state index is 11.7. The Morgan fingerprint density at radius 2 is 2.14 bits per heavy atom. The molecule has 1 N–H and O–H groups in total. The number of ether oxygens (including phenoxy) is 1. The minimum atomic E-state index is -1.12. The van der Waals surface area contributed by atoms with Crippen molar-refractivity contribution in [1.29, 1.82) is 0 Å². The topological polar surface area (TPSA) is 44.3 Å². The fourth-order valence-corrected chi connectivity index (χ4v) is 1.52. The van der Waals surface area contributed by atoms with E-state index in [0.29, 0.717) is 13.0 Å². The molecule has 3 nitrogen and oxygen atoms in total. The SMILES string of the molecule is C#C[C@@H](CCOC)N[S@+]([O-])C(C)(C)C. The molecule has 4 heteroatoms. The summed E-state index contributed by atoms with van der Waals surface area (Å²) in [5, 5.41) is 0. The Kier molecular flexibility index (Phi) is 6.21. The van der Waals surface area contributed by atoms with Gasteiger partial charge in [-0.25, -0.2) is 0 Å². The molecule has 0 aromatic heterocycles. The number of rotatable bonds is 5. The summed E-state index contributed by atoms with van der Waals surface area (Å²) >= 11 is -1.12. The van der Waals surface area contributed by atoms with Crippen LogP contribution in [0.1, 0.15) is 27.2 Å². The summed E-state index contributed by atoms with van der Waals surface area (Å²) in [5.74, 6) is 2.56. The second-order valence-corrected chi connectivity index (χ2v) is 6.00. The summed E-state index contributed by atoms with van der Waals surface area (Å²) in [7, 11) is 1.62. The molecule has 0 aliphatic heterocycles. The van der Waals surface area contributed by atoms with Gasteiger partial charge in [0.1, 0.15) is 10.8 Å². The van der Waals surface area contributed by atoms with Gasteiger partial charge in [0.05, 0.1) is 0 Å².